The molecule has 27 heavy (non-hydrogen) atoms. The number of para-hydroxylation sites is 1. The number of rotatable bonds is 6. The summed E-state index contributed by atoms with van der Waals surface area (Å²) >= 11 is 1.39. The van der Waals surface area contributed by atoms with Gasteiger partial charge in [-0.2, -0.15) is 0 Å². The summed E-state index contributed by atoms with van der Waals surface area (Å²) in [4.78, 5) is 16.7. The molecule has 0 bridgehead atoms. The number of amides is 1. The van der Waals surface area contributed by atoms with Crippen molar-refractivity contribution < 1.29 is 4.79 Å². The number of nitrogens with zero attached hydrogens (tertiary/aromatic N) is 4. The normalized spacial score (nSPS) is 10.8. The SMILES string of the molecule is CCn1c(SCC(=O)Nc2ccccc2)nnc1-c1cc(C)nc(C)c1C. The van der Waals surface area contributed by atoms with E-state index in [9.17, 15) is 4.79 Å². The zero-order valence-corrected chi connectivity index (χ0v) is 16.8. The Labute approximate surface area is 163 Å². The highest BCUT2D eigenvalue weighted by Crippen LogP contribution is 2.28. The standard InChI is InChI=1S/C20H23N5OS/c1-5-25-19(17-11-13(2)21-15(4)14(17)3)23-24-20(25)27-12-18(26)22-16-9-7-6-8-10-16/h6-11H,5,12H2,1-4H3,(H,22,26). The molecule has 0 fully saturated rings. The highest BCUT2D eigenvalue weighted by atomic mass is 32.2. The van der Waals surface area contributed by atoms with Crippen molar-refractivity contribution in [3.05, 3.63) is 53.3 Å². The lowest BCUT2D eigenvalue weighted by molar-refractivity contribution is -0.113. The van der Waals surface area contributed by atoms with Crippen LogP contribution in [-0.2, 0) is 11.3 Å². The van der Waals surface area contributed by atoms with Gasteiger partial charge in [0.2, 0.25) is 5.91 Å². The number of thioether (sulfide) groups is 1. The van der Waals surface area contributed by atoms with E-state index in [2.05, 4.69) is 27.4 Å². The summed E-state index contributed by atoms with van der Waals surface area (Å²) in [5.74, 6) is 1.03. The molecule has 2 heterocycles. The van der Waals surface area contributed by atoms with Gasteiger partial charge in [0.25, 0.3) is 0 Å². The Morgan fingerprint density at radius 1 is 1.15 bits per heavy atom. The minimum Gasteiger partial charge on any atom is -0.325 e. The van der Waals surface area contributed by atoms with Crippen molar-refractivity contribution in [1.82, 2.24) is 19.7 Å². The van der Waals surface area contributed by atoms with Crippen molar-refractivity contribution in [3.8, 4) is 11.4 Å². The van der Waals surface area contributed by atoms with Crippen LogP contribution in [0, 0.1) is 20.8 Å². The van der Waals surface area contributed by atoms with Crippen LogP contribution in [0.3, 0.4) is 0 Å². The lowest BCUT2D eigenvalue weighted by atomic mass is 10.1. The van der Waals surface area contributed by atoms with Gasteiger partial charge in [-0.05, 0) is 51.5 Å². The summed E-state index contributed by atoms with van der Waals surface area (Å²) in [6.45, 7) is 8.81. The second-order valence-electron chi connectivity index (χ2n) is 6.27. The first-order valence-corrected chi connectivity index (χ1v) is 9.84. The van der Waals surface area contributed by atoms with Gasteiger partial charge in [-0.1, -0.05) is 30.0 Å². The summed E-state index contributed by atoms with van der Waals surface area (Å²) in [5.41, 5.74) is 4.87. The topological polar surface area (TPSA) is 72.7 Å². The number of carbonyl (C=O) groups excluding carboxylic acids is 1. The van der Waals surface area contributed by atoms with Crippen molar-refractivity contribution in [1.29, 1.82) is 0 Å². The predicted molar refractivity (Wildman–Crippen MR) is 109 cm³/mol. The van der Waals surface area contributed by atoms with E-state index in [0.717, 1.165) is 45.7 Å². The van der Waals surface area contributed by atoms with Crippen LogP contribution in [-0.4, -0.2) is 31.4 Å². The average molecular weight is 382 g/mol. The first-order chi connectivity index (χ1) is 13.0. The molecule has 0 saturated heterocycles. The van der Waals surface area contributed by atoms with Gasteiger partial charge in [0.15, 0.2) is 11.0 Å². The lowest BCUT2D eigenvalue weighted by Gasteiger charge is -2.11. The van der Waals surface area contributed by atoms with Crippen LogP contribution in [0.2, 0.25) is 0 Å². The molecular weight excluding hydrogens is 358 g/mol. The number of carbonyl (C=O) groups is 1. The number of aryl methyl sites for hydroxylation is 2. The Morgan fingerprint density at radius 3 is 2.59 bits per heavy atom. The molecule has 0 atom stereocenters. The molecule has 0 unspecified atom stereocenters. The van der Waals surface area contributed by atoms with Crippen LogP contribution >= 0.6 is 11.8 Å². The molecule has 7 heteroatoms. The number of benzene rings is 1. The Balaban J connectivity index is 1.78. The molecule has 1 amide bonds. The Hall–Kier alpha value is -2.67. The van der Waals surface area contributed by atoms with Crippen molar-refractivity contribution in [2.75, 3.05) is 11.1 Å². The van der Waals surface area contributed by atoms with Crippen molar-refractivity contribution in [2.24, 2.45) is 0 Å². The molecule has 6 nitrogen and oxygen atoms in total. The number of hydrogen-bond donors (Lipinski definition) is 1. The molecule has 0 saturated carbocycles. The Kier molecular flexibility index (Phi) is 5.91. The lowest BCUT2D eigenvalue weighted by Crippen LogP contribution is -2.14. The van der Waals surface area contributed by atoms with Crippen molar-refractivity contribution in [3.63, 3.8) is 0 Å². The molecule has 3 aromatic rings. The molecular formula is C20H23N5OS. The third kappa shape index (κ3) is 4.36. The molecule has 2 aromatic heterocycles. The number of hydrogen-bond acceptors (Lipinski definition) is 5. The maximum Gasteiger partial charge on any atom is 0.234 e. The van der Waals surface area contributed by atoms with Crippen LogP contribution in [0.4, 0.5) is 5.69 Å². The largest absolute Gasteiger partial charge is 0.325 e. The van der Waals surface area contributed by atoms with E-state index in [0.29, 0.717) is 0 Å². The van der Waals surface area contributed by atoms with Gasteiger partial charge < -0.3 is 9.88 Å². The summed E-state index contributed by atoms with van der Waals surface area (Å²) < 4.78 is 2.04. The molecule has 1 N–H and O–H groups in total. The molecule has 0 aliphatic carbocycles. The molecule has 0 spiro atoms. The number of anilines is 1. The summed E-state index contributed by atoms with van der Waals surface area (Å²) in [7, 11) is 0. The first kappa shape index (κ1) is 19.1. The third-order valence-electron chi connectivity index (χ3n) is 4.31. The van der Waals surface area contributed by atoms with Gasteiger partial charge in [-0.15, -0.1) is 10.2 Å². The van der Waals surface area contributed by atoms with Crippen LogP contribution in [0.5, 0.6) is 0 Å². The van der Waals surface area contributed by atoms with Gasteiger partial charge >= 0.3 is 0 Å². The van der Waals surface area contributed by atoms with Gasteiger partial charge in [-0.25, -0.2) is 0 Å². The van der Waals surface area contributed by atoms with E-state index >= 15 is 0 Å². The molecule has 140 valence electrons. The van der Waals surface area contributed by atoms with Crippen LogP contribution in [0.1, 0.15) is 23.9 Å². The zero-order chi connectivity index (χ0) is 19.4. The highest BCUT2D eigenvalue weighted by Gasteiger charge is 2.17. The predicted octanol–water partition coefficient (Wildman–Crippen LogP) is 4.02. The van der Waals surface area contributed by atoms with E-state index < -0.39 is 0 Å². The van der Waals surface area contributed by atoms with Gasteiger partial charge in [0.1, 0.15) is 0 Å². The first-order valence-electron chi connectivity index (χ1n) is 8.85. The quantitative estimate of drug-likeness (QED) is 0.653. The van der Waals surface area contributed by atoms with E-state index in [-0.39, 0.29) is 11.7 Å². The second kappa shape index (κ2) is 8.35. The smallest absolute Gasteiger partial charge is 0.234 e. The summed E-state index contributed by atoms with van der Waals surface area (Å²) in [6.07, 6.45) is 0. The van der Waals surface area contributed by atoms with Crippen molar-refractivity contribution in [2.45, 2.75) is 39.4 Å². The van der Waals surface area contributed by atoms with E-state index in [1.807, 2.05) is 61.7 Å². The van der Waals surface area contributed by atoms with E-state index in [1.165, 1.54) is 11.8 Å². The highest BCUT2D eigenvalue weighted by molar-refractivity contribution is 7.99. The molecule has 3 rings (SSSR count). The van der Waals surface area contributed by atoms with Crippen LogP contribution in [0.25, 0.3) is 11.4 Å². The number of aromatic nitrogens is 4. The molecule has 0 aliphatic heterocycles. The minimum absolute atomic E-state index is 0.0646. The van der Waals surface area contributed by atoms with Crippen LogP contribution < -0.4 is 5.32 Å². The summed E-state index contributed by atoms with van der Waals surface area (Å²) in [6, 6.07) is 11.5. The Bertz CT molecular complexity index is 953. The number of pyridine rings is 1. The Morgan fingerprint density at radius 2 is 1.89 bits per heavy atom. The fraction of sp³-hybridized carbons (Fsp3) is 0.300. The second-order valence-corrected chi connectivity index (χ2v) is 7.22. The van der Waals surface area contributed by atoms with E-state index in [1.54, 1.807) is 0 Å². The average Bonchev–Trinajstić information content (AvgIpc) is 3.06. The van der Waals surface area contributed by atoms with Gasteiger partial charge in [0, 0.05) is 29.2 Å². The monoisotopic (exact) mass is 381 g/mol. The number of nitrogens with one attached hydrogen (secondary N) is 1. The third-order valence-corrected chi connectivity index (χ3v) is 5.27. The molecule has 1 aromatic carbocycles. The zero-order valence-electron chi connectivity index (χ0n) is 16.0. The maximum atomic E-state index is 12.2. The summed E-state index contributed by atoms with van der Waals surface area (Å²) in [5, 5.41) is 12.3. The van der Waals surface area contributed by atoms with Gasteiger partial charge in [0.05, 0.1) is 5.75 Å². The maximum absolute atomic E-state index is 12.2. The van der Waals surface area contributed by atoms with E-state index in [4.69, 9.17) is 0 Å². The molecule has 0 aliphatic rings. The van der Waals surface area contributed by atoms with Crippen LogP contribution in [0.15, 0.2) is 41.6 Å². The fourth-order valence-electron chi connectivity index (χ4n) is 2.85. The minimum atomic E-state index is -0.0646. The fourth-order valence-corrected chi connectivity index (χ4v) is 3.66. The molecule has 0 radical (unpaired) electrons. The van der Waals surface area contributed by atoms with Crippen molar-refractivity contribution >= 4 is 23.4 Å². The van der Waals surface area contributed by atoms with Gasteiger partial charge in [-0.3, -0.25) is 9.78 Å².